The summed E-state index contributed by atoms with van der Waals surface area (Å²) in [5.74, 6) is -6.51. The predicted octanol–water partition coefficient (Wildman–Crippen LogP) is 4.91. The number of carbonyl (C=O) groups excluding carboxylic acids is 4. The predicted molar refractivity (Wildman–Crippen MR) is 159 cm³/mol. The Morgan fingerprint density at radius 2 is 1.52 bits per heavy atom. The van der Waals surface area contributed by atoms with E-state index in [1.807, 2.05) is 6.08 Å². The molecule has 6 rings (SSSR count). The number of phenolic OH excluding ortho intramolecular Hbond substituents is 1. The van der Waals surface area contributed by atoms with Gasteiger partial charge < -0.3 is 14.6 Å². The molecule has 6 atom stereocenters. The largest absolute Gasteiger partial charge is 0.502 e. The average Bonchev–Trinajstić information content (AvgIpc) is 3.32. The van der Waals surface area contributed by atoms with Gasteiger partial charge in [-0.05, 0) is 81.5 Å². The Kier molecular flexibility index (Phi) is 6.87. The van der Waals surface area contributed by atoms with E-state index >= 15 is 0 Å². The van der Waals surface area contributed by atoms with Gasteiger partial charge in [0.15, 0.2) is 21.2 Å². The van der Waals surface area contributed by atoms with E-state index in [1.54, 1.807) is 20.8 Å². The Morgan fingerprint density at radius 3 is 2.07 bits per heavy atom. The topological polar surface area (TPSA) is 113 Å². The molecule has 232 valence electrons. The van der Waals surface area contributed by atoms with Crippen molar-refractivity contribution in [1.82, 2.24) is 4.90 Å². The molecule has 44 heavy (non-hydrogen) atoms. The van der Waals surface area contributed by atoms with Crippen LogP contribution < -0.4 is 14.4 Å². The lowest BCUT2D eigenvalue weighted by Crippen LogP contribution is -2.60. The number of phenols is 1. The van der Waals surface area contributed by atoms with E-state index in [2.05, 4.69) is 0 Å². The van der Waals surface area contributed by atoms with Crippen LogP contribution in [0.15, 0.2) is 48.0 Å². The molecule has 0 bridgehead atoms. The van der Waals surface area contributed by atoms with Crippen LogP contribution >= 0.6 is 23.2 Å². The van der Waals surface area contributed by atoms with E-state index in [9.17, 15) is 28.7 Å². The number of benzene rings is 2. The van der Waals surface area contributed by atoms with Gasteiger partial charge in [0.1, 0.15) is 5.82 Å². The summed E-state index contributed by atoms with van der Waals surface area (Å²) in [7, 11) is 2.69. The van der Waals surface area contributed by atoms with Gasteiger partial charge in [0.2, 0.25) is 17.6 Å². The number of alkyl halides is 2. The second-order valence-electron chi connectivity index (χ2n) is 12.7. The zero-order valence-electron chi connectivity index (χ0n) is 24.7. The lowest BCUT2D eigenvalue weighted by Gasteiger charge is -2.50. The Labute approximate surface area is 263 Å². The fourth-order valence-electron chi connectivity index (χ4n) is 7.51. The van der Waals surface area contributed by atoms with Crippen LogP contribution in [0.3, 0.4) is 0 Å². The number of aromatic hydroxyl groups is 1. The van der Waals surface area contributed by atoms with Gasteiger partial charge in [-0.25, -0.2) is 9.29 Å². The van der Waals surface area contributed by atoms with E-state index in [0.29, 0.717) is 11.1 Å². The van der Waals surface area contributed by atoms with Crippen molar-refractivity contribution in [3.63, 3.8) is 0 Å². The molecule has 0 aromatic heterocycles. The maximum Gasteiger partial charge on any atom is 0.258 e. The zero-order valence-corrected chi connectivity index (χ0v) is 26.2. The number of anilines is 1. The molecule has 2 heterocycles. The van der Waals surface area contributed by atoms with E-state index in [4.69, 9.17) is 32.7 Å². The van der Waals surface area contributed by atoms with Crippen LogP contribution in [-0.4, -0.2) is 63.1 Å². The molecule has 4 amide bonds. The maximum absolute atomic E-state index is 14.5. The smallest absolute Gasteiger partial charge is 0.258 e. The van der Waals surface area contributed by atoms with Crippen molar-refractivity contribution >= 4 is 52.5 Å². The molecule has 2 aliphatic heterocycles. The minimum absolute atomic E-state index is 0.0226. The van der Waals surface area contributed by atoms with Crippen LogP contribution in [0.4, 0.5) is 10.1 Å². The number of methoxy groups -OCH3 is 2. The minimum atomic E-state index is -2.13. The normalized spacial score (nSPS) is 31.5. The quantitative estimate of drug-likeness (QED) is 0.286. The number of likely N-dealkylation sites (tertiary alicyclic amines) is 1. The first kappa shape index (κ1) is 30.4. The van der Waals surface area contributed by atoms with E-state index in [1.165, 1.54) is 43.4 Å². The summed E-state index contributed by atoms with van der Waals surface area (Å²) in [4.78, 5) is 54.3. The summed E-state index contributed by atoms with van der Waals surface area (Å²) in [6.07, 6.45) is 1.83. The van der Waals surface area contributed by atoms with Gasteiger partial charge in [-0.15, -0.1) is 23.2 Å². The highest BCUT2D eigenvalue weighted by Crippen LogP contribution is 2.66. The minimum Gasteiger partial charge on any atom is -0.502 e. The Hall–Kier alpha value is -3.63. The first-order chi connectivity index (χ1) is 20.6. The van der Waals surface area contributed by atoms with Crippen molar-refractivity contribution in [3.8, 4) is 17.2 Å². The maximum atomic E-state index is 14.5. The third-order valence-corrected chi connectivity index (χ3v) is 10.8. The summed E-state index contributed by atoms with van der Waals surface area (Å²) >= 11 is 14.7. The molecule has 0 radical (unpaired) electrons. The number of rotatable bonds is 4. The number of hydrogen-bond donors (Lipinski definition) is 1. The van der Waals surface area contributed by atoms with Crippen LogP contribution in [0.25, 0.3) is 0 Å². The first-order valence-electron chi connectivity index (χ1n) is 14.2. The highest BCUT2D eigenvalue weighted by atomic mass is 35.5. The molecule has 2 saturated heterocycles. The summed E-state index contributed by atoms with van der Waals surface area (Å²) in [6.45, 7) is 5.33. The van der Waals surface area contributed by atoms with Crippen molar-refractivity contribution in [2.75, 3.05) is 19.1 Å². The molecular formula is C32H31Cl2FN2O7. The van der Waals surface area contributed by atoms with E-state index in [0.717, 1.165) is 17.0 Å². The highest BCUT2D eigenvalue weighted by Gasteiger charge is 2.76. The summed E-state index contributed by atoms with van der Waals surface area (Å²) in [5, 5.41) is 10.7. The molecule has 1 saturated carbocycles. The molecule has 0 unspecified atom stereocenters. The Morgan fingerprint density at radius 1 is 0.932 bits per heavy atom. The number of imide groups is 2. The lowest BCUT2D eigenvalue weighted by molar-refractivity contribution is -0.145. The summed E-state index contributed by atoms with van der Waals surface area (Å²) in [6, 6.07) is 7.77. The van der Waals surface area contributed by atoms with Crippen LogP contribution in [-0.2, 0) is 19.2 Å². The molecule has 2 aromatic rings. The number of nitrogens with zero attached hydrogens (tertiary/aromatic N) is 2. The van der Waals surface area contributed by atoms with Crippen LogP contribution in [0.2, 0.25) is 0 Å². The molecule has 2 aliphatic carbocycles. The standard InChI is InChI=1S/C32H31Cl2FN2O7/c1-30(2,3)37-26(39)19-11-10-18-20(23(19)27(37)40)14-31(33)28(41)36(17-8-6-16(35)7-9-17)29(42)32(31,34)24(18)15-12-21(43-4)25(38)22(13-15)44-5/h6-10,12-13,19-20,23-24,38H,11,14H2,1-5H3/t19-,20+,23-,24-,31+,32-/m0/s1. The van der Waals surface area contributed by atoms with Gasteiger partial charge >= 0.3 is 0 Å². The average molecular weight is 646 g/mol. The molecule has 12 heteroatoms. The SMILES string of the molecule is COc1cc([C@H]2C3=CC[C@@H]4C(=O)N(C(C)(C)C)C(=O)[C@@H]4[C@@H]3C[C@@]3(Cl)C(=O)N(c4ccc(F)cc4)C(=O)[C@@]23Cl)cc(OC)c1O. The third-order valence-electron chi connectivity index (χ3n) is 9.40. The molecule has 4 aliphatic rings. The molecule has 3 fully saturated rings. The number of allylic oxidation sites excluding steroid dienone is 2. The number of amides is 4. The van der Waals surface area contributed by atoms with Gasteiger partial charge in [0.25, 0.3) is 11.8 Å². The fraction of sp³-hybridized carbons (Fsp3) is 0.438. The van der Waals surface area contributed by atoms with E-state index < -0.39 is 56.6 Å². The van der Waals surface area contributed by atoms with Gasteiger partial charge in [0.05, 0.1) is 31.7 Å². The van der Waals surface area contributed by atoms with Crippen LogP contribution in [0.5, 0.6) is 17.2 Å². The highest BCUT2D eigenvalue weighted by molar-refractivity contribution is 6.58. The van der Waals surface area contributed by atoms with Crippen molar-refractivity contribution in [3.05, 3.63) is 59.4 Å². The van der Waals surface area contributed by atoms with Gasteiger partial charge in [0, 0.05) is 11.5 Å². The number of hydrogen-bond acceptors (Lipinski definition) is 7. The van der Waals surface area contributed by atoms with Crippen molar-refractivity contribution in [1.29, 1.82) is 0 Å². The monoisotopic (exact) mass is 644 g/mol. The van der Waals surface area contributed by atoms with Gasteiger partial charge in [-0.2, -0.15) is 0 Å². The van der Waals surface area contributed by atoms with Gasteiger partial charge in [-0.1, -0.05) is 11.6 Å². The third kappa shape index (κ3) is 3.89. The summed E-state index contributed by atoms with van der Waals surface area (Å²) < 4.78 is 24.6. The Balaban J connectivity index is 1.59. The number of halogens is 3. The van der Waals surface area contributed by atoms with Crippen molar-refractivity contribution in [2.45, 2.75) is 54.8 Å². The number of ether oxygens (including phenoxy) is 2. The molecule has 2 aromatic carbocycles. The van der Waals surface area contributed by atoms with Gasteiger partial charge in [-0.3, -0.25) is 24.1 Å². The zero-order chi connectivity index (χ0) is 32.1. The Bertz CT molecular complexity index is 1630. The van der Waals surface area contributed by atoms with Crippen molar-refractivity contribution in [2.24, 2.45) is 17.8 Å². The second kappa shape index (κ2) is 9.94. The van der Waals surface area contributed by atoms with Crippen LogP contribution in [0.1, 0.15) is 45.1 Å². The molecule has 0 spiro atoms. The van der Waals surface area contributed by atoms with Crippen molar-refractivity contribution < 1.29 is 38.1 Å². The fourth-order valence-corrected chi connectivity index (χ4v) is 8.45. The molecule has 9 nitrogen and oxygen atoms in total. The number of carbonyl (C=O) groups is 4. The first-order valence-corrected chi connectivity index (χ1v) is 14.9. The number of fused-ring (bicyclic) bond motifs is 4. The summed E-state index contributed by atoms with van der Waals surface area (Å²) in [5.41, 5.74) is 0.213. The molecule has 1 N–H and O–H groups in total. The molecular weight excluding hydrogens is 614 g/mol. The lowest BCUT2D eigenvalue weighted by atomic mass is 9.56. The second-order valence-corrected chi connectivity index (χ2v) is 13.9. The van der Waals surface area contributed by atoms with E-state index in [-0.39, 0.29) is 47.6 Å². The van der Waals surface area contributed by atoms with Crippen LogP contribution in [0, 0.1) is 23.6 Å².